The first kappa shape index (κ1) is 19.7. The van der Waals surface area contributed by atoms with E-state index < -0.39 is 0 Å². The number of imidazole rings is 1. The molecule has 0 amide bonds. The Morgan fingerprint density at radius 2 is 1.97 bits per heavy atom. The molecule has 3 aromatic heterocycles. The van der Waals surface area contributed by atoms with Crippen molar-refractivity contribution in [2.24, 2.45) is 0 Å². The Kier molecular flexibility index (Phi) is 5.15. The van der Waals surface area contributed by atoms with Gasteiger partial charge in [0.2, 0.25) is 0 Å². The Morgan fingerprint density at radius 3 is 2.81 bits per heavy atom. The lowest BCUT2D eigenvalue weighted by molar-refractivity contribution is 0.263. The van der Waals surface area contributed by atoms with E-state index in [1.54, 1.807) is 6.33 Å². The molecule has 8 nitrogen and oxygen atoms in total. The van der Waals surface area contributed by atoms with Gasteiger partial charge in [-0.1, -0.05) is 18.2 Å². The molecule has 0 saturated carbocycles. The maximum absolute atomic E-state index is 5.08. The molecule has 0 aliphatic carbocycles. The molecule has 1 atom stereocenters. The number of pyridine rings is 1. The summed E-state index contributed by atoms with van der Waals surface area (Å²) >= 11 is 0. The summed E-state index contributed by atoms with van der Waals surface area (Å²) in [4.78, 5) is 23.4. The van der Waals surface area contributed by atoms with Crippen molar-refractivity contribution >= 4 is 33.6 Å². The average Bonchev–Trinajstić information content (AvgIpc) is 3.25. The molecular weight excluding hydrogens is 388 g/mol. The van der Waals surface area contributed by atoms with Gasteiger partial charge in [0.15, 0.2) is 11.5 Å². The lowest BCUT2D eigenvalue weighted by atomic mass is 10.0. The van der Waals surface area contributed by atoms with E-state index >= 15 is 0 Å². The normalized spacial score (nSPS) is 16.6. The first-order chi connectivity index (χ1) is 15.1. The molecule has 1 aromatic carbocycles. The van der Waals surface area contributed by atoms with Gasteiger partial charge in [-0.2, -0.15) is 0 Å². The summed E-state index contributed by atoms with van der Waals surface area (Å²) in [7, 11) is 2.19. The molecule has 1 aliphatic heterocycles. The SMILES string of the molecule is Cc1cccc2cc(C(C)Nc3ncnc4nc[nH]c34)nc(NC3CCN(C)CC3)c12. The van der Waals surface area contributed by atoms with E-state index in [9.17, 15) is 0 Å². The number of hydrogen-bond donors (Lipinski definition) is 3. The quantitative estimate of drug-likeness (QED) is 0.454. The molecule has 1 fully saturated rings. The summed E-state index contributed by atoms with van der Waals surface area (Å²) in [6, 6.07) is 9.00. The molecule has 4 aromatic rings. The summed E-state index contributed by atoms with van der Waals surface area (Å²) in [6.07, 6.45) is 5.42. The Labute approximate surface area is 181 Å². The number of benzene rings is 1. The molecule has 5 rings (SSSR count). The van der Waals surface area contributed by atoms with Gasteiger partial charge in [-0.05, 0) is 63.8 Å². The topological polar surface area (TPSA) is 94.7 Å². The molecule has 0 bridgehead atoms. The highest BCUT2D eigenvalue weighted by Gasteiger charge is 2.20. The fraction of sp³-hybridized carbons (Fsp3) is 0.391. The number of aromatic amines is 1. The number of anilines is 2. The number of nitrogens with zero attached hydrogens (tertiary/aromatic N) is 5. The highest BCUT2D eigenvalue weighted by molar-refractivity contribution is 5.95. The van der Waals surface area contributed by atoms with Crippen molar-refractivity contribution in [3.63, 3.8) is 0 Å². The predicted octanol–water partition coefficient (Wildman–Crippen LogP) is 3.89. The van der Waals surface area contributed by atoms with Crippen LogP contribution < -0.4 is 10.6 Å². The van der Waals surface area contributed by atoms with E-state index in [4.69, 9.17) is 4.98 Å². The van der Waals surface area contributed by atoms with Crippen LogP contribution in [0.5, 0.6) is 0 Å². The zero-order chi connectivity index (χ0) is 21.4. The monoisotopic (exact) mass is 416 g/mol. The highest BCUT2D eigenvalue weighted by Crippen LogP contribution is 2.31. The Balaban J connectivity index is 1.49. The van der Waals surface area contributed by atoms with E-state index in [1.807, 2.05) is 0 Å². The molecule has 8 heteroatoms. The molecule has 31 heavy (non-hydrogen) atoms. The third-order valence-corrected chi connectivity index (χ3v) is 6.17. The number of piperidine rings is 1. The number of aryl methyl sites for hydroxylation is 1. The molecule has 1 aliphatic rings. The van der Waals surface area contributed by atoms with E-state index in [2.05, 4.69) is 80.6 Å². The average molecular weight is 417 g/mol. The van der Waals surface area contributed by atoms with Gasteiger partial charge in [-0.15, -0.1) is 0 Å². The van der Waals surface area contributed by atoms with E-state index in [0.29, 0.717) is 11.7 Å². The van der Waals surface area contributed by atoms with Gasteiger partial charge in [0, 0.05) is 11.4 Å². The van der Waals surface area contributed by atoms with Crippen molar-refractivity contribution in [2.75, 3.05) is 30.8 Å². The summed E-state index contributed by atoms with van der Waals surface area (Å²) in [5, 5.41) is 9.65. The predicted molar refractivity (Wildman–Crippen MR) is 124 cm³/mol. The van der Waals surface area contributed by atoms with Crippen molar-refractivity contribution in [2.45, 2.75) is 38.8 Å². The van der Waals surface area contributed by atoms with Crippen LogP contribution in [0, 0.1) is 6.92 Å². The number of fused-ring (bicyclic) bond motifs is 2. The minimum atomic E-state index is -0.0376. The van der Waals surface area contributed by atoms with Gasteiger partial charge in [-0.3, -0.25) is 0 Å². The maximum Gasteiger partial charge on any atom is 0.182 e. The largest absolute Gasteiger partial charge is 0.367 e. The number of likely N-dealkylation sites (tertiary alicyclic amines) is 1. The van der Waals surface area contributed by atoms with E-state index in [0.717, 1.165) is 48.8 Å². The molecule has 1 unspecified atom stereocenters. The van der Waals surface area contributed by atoms with Crippen LogP contribution in [0.15, 0.2) is 36.9 Å². The molecule has 0 radical (unpaired) electrons. The minimum Gasteiger partial charge on any atom is -0.367 e. The molecule has 4 heterocycles. The smallest absolute Gasteiger partial charge is 0.182 e. The Hall–Kier alpha value is -3.26. The summed E-state index contributed by atoms with van der Waals surface area (Å²) in [5.74, 6) is 1.70. The van der Waals surface area contributed by atoms with Crippen LogP contribution in [0.1, 0.15) is 37.1 Å². The second-order valence-corrected chi connectivity index (χ2v) is 8.48. The van der Waals surface area contributed by atoms with E-state index in [1.165, 1.54) is 22.7 Å². The van der Waals surface area contributed by atoms with Crippen molar-refractivity contribution in [1.29, 1.82) is 0 Å². The van der Waals surface area contributed by atoms with Crippen molar-refractivity contribution in [3.8, 4) is 0 Å². The molecule has 1 saturated heterocycles. The number of hydrogen-bond acceptors (Lipinski definition) is 7. The zero-order valence-corrected chi connectivity index (χ0v) is 18.2. The number of nitrogens with one attached hydrogen (secondary N) is 3. The van der Waals surface area contributed by atoms with Crippen LogP contribution in [0.3, 0.4) is 0 Å². The van der Waals surface area contributed by atoms with Crippen LogP contribution in [-0.2, 0) is 0 Å². The van der Waals surface area contributed by atoms with Crippen LogP contribution in [0.4, 0.5) is 11.6 Å². The summed E-state index contributed by atoms with van der Waals surface area (Å²) in [5.41, 5.74) is 3.66. The fourth-order valence-electron chi connectivity index (χ4n) is 4.34. The second kappa shape index (κ2) is 8.11. The fourth-order valence-corrected chi connectivity index (χ4v) is 4.34. The van der Waals surface area contributed by atoms with Crippen molar-refractivity contribution in [1.82, 2.24) is 29.8 Å². The minimum absolute atomic E-state index is 0.0376. The van der Waals surface area contributed by atoms with Crippen LogP contribution in [-0.4, -0.2) is 56.0 Å². The third kappa shape index (κ3) is 3.90. The van der Waals surface area contributed by atoms with Gasteiger partial charge >= 0.3 is 0 Å². The van der Waals surface area contributed by atoms with Crippen LogP contribution >= 0.6 is 0 Å². The number of rotatable bonds is 5. The lowest BCUT2D eigenvalue weighted by Crippen LogP contribution is -2.37. The van der Waals surface area contributed by atoms with Gasteiger partial charge in [0.25, 0.3) is 0 Å². The first-order valence-corrected chi connectivity index (χ1v) is 10.8. The zero-order valence-electron chi connectivity index (χ0n) is 18.2. The molecule has 160 valence electrons. The van der Waals surface area contributed by atoms with Crippen molar-refractivity contribution in [3.05, 3.63) is 48.2 Å². The van der Waals surface area contributed by atoms with Gasteiger partial charge in [0.05, 0.1) is 18.1 Å². The van der Waals surface area contributed by atoms with E-state index in [-0.39, 0.29) is 6.04 Å². The third-order valence-electron chi connectivity index (χ3n) is 6.17. The molecule has 0 spiro atoms. The van der Waals surface area contributed by atoms with Gasteiger partial charge in [0.1, 0.15) is 17.7 Å². The maximum atomic E-state index is 5.08. The summed E-state index contributed by atoms with van der Waals surface area (Å²) in [6.45, 7) is 6.48. The molecule has 3 N–H and O–H groups in total. The number of aromatic nitrogens is 5. The van der Waals surface area contributed by atoms with Crippen LogP contribution in [0.2, 0.25) is 0 Å². The Morgan fingerprint density at radius 1 is 1.13 bits per heavy atom. The first-order valence-electron chi connectivity index (χ1n) is 10.8. The second-order valence-electron chi connectivity index (χ2n) is 8.48. The lowest BCUT2D eigenvalue weighted by Gasteiger charge is -2.30. The Bertz CT molecular complexity index is 1210. The number of H-pyrrole nitrogens is 1. The molecular formula is C23H28N8. The summed E-state index contributed by atoms with van der Waals surface area (Å²) < 4.78 is 0. The van der Waals surface area contributed by atoms with Crippen molar-refractivity contribution < 1.29 is 0 Å². The standard InChI is InChI=1S/C23H28N8/c1-14-5-4-6-16-11-18(15(2)28-23-20-22(25-12-24-20)26-13-27-23)30-21(19(14)16)29-17-7-9-31(3)10-8-17/h4-6,11-13,15,17H,7-10H2,1-3H3,(H,29,30)(H2,24,25,26,27,28). The van der Waals surface area contributed by atoms with Gasteiger partial charge < -0.3 is 20.5 Å². The highest BCUT2D eigenvalue weighted by atomic mass is 15.1. The van der Waals surface area contributed by atoms with Gasteiger partial charge in [-0.25, -0.2) is 19.9 Å². The van der Waals surface area contributed by atoms with Crippen LogP contribution in [0.25, 0.3) is 21.9 Å².